The molecule has 5 heteroatoms. The fourth-order valence-electron chi connectivity index (χ4n) is 1.04. The second kappa shape index (κ2) is 5.92. The quantitative estimate of drug-likeness (QED) is 0.661. The number of hydrogen-bond donors (Lipinski definition) is 2. The Bertz CT molecular complexity index is 136. The molecule has 0 aromatic heterocycles. The van der Waals surface area contributed by atoms with Crippen LogP contribution in [0.2, 0.25) is 26.2 Å². The Morgan fingerprint density at radius 2 is 1.92 bits per heavy atom. The highest BCUT2D eigenvalue weighted by Crippen LogP contribution is 2.10. The van der Waals surface area contributed by atoms with Gasteiger partial charge < -0.3 is 14.3 Å². The fourth-order valence-corrected chi connectivity index (χ4v) is 6.06. The summed E-state index contributed by atoms with van der Waals surface area (Å²) in [7, 11) is -2.59. The number of rotatable bonds is 6. The molecule has 0 bridgehead atoms. The first-order chi connectivity index (χ1) is 5.87. The zero-order valence-corrected chi connectivity index (χ0v) is 11.0. The van der Waals surface area contributed by atoms with Crippen LogP contribution in [0.1, 0.15) is 12.8 Å². The molecule has 0 aromatic rings. The molecule has 0 aliphatic carbocycles. The van der Waals surface area contributed by atoms with Gasteiger partial charge in [0.25, 0.3) is 0 Å². The van der Waals surface area contributed by atoms with Crippen LogP contribution in [0.5, 0.6) is 0 Å². The van der Waals surface area contributed by atoms with Gasteiger partial charge in [-0.2, -0.15) is 0 Å². The summed E-state index contributed by atoms with van der Waals surface area (Å²) >= 11 is 0. The molecule has 0 heterocycles. The van der Waals surface area contributed by atoms with E-state index in [0.29, 0.717) is 12.8 Å². The van der Waals surface area contributed by atoms with Crippen molar-refractivity contribution in [2.75, 3.05) is 6.61 Å². The van der Waals surface area contributed by atoms with E-state index < -0.39 is 17.4 Å². The van der Waals surface area contributed by atoms with Crippen LogP contribution in [0, 0.1) is 0 Å². The van der Waals surface area contributed by atoms with Crippen LogP contribution in [-0.4, -0.2) is 39.9 Å². The van der Waals surface area contributed by atoms with E-state index >= 15 is 0 Å². The highest BCUT2D eigenvalue weighted by Gasteiger charge is 2.24. The summed E-state index contributed by atoms with van der Waals surface area (Å²) in [5.74, 6) is 0. The van der Waals surface area contributed by atoms with Crippen LogP contribution in [0.15, 0.2) is 0 Å². The molecule has 3 nitrogen and oxygen atoms in total. The SMILES string of the molecule is C[Si](O[Si](C)(C)C)C(O)CCCO. The number of aliphatic hydroxyl groups excluding tert-OH is 2. The Hall–Kier alpha value is 0.314. The van der Waals surface area contributed by atoms with E-state index in [2.05, 4.69) is 19.6 Å². The van der Waals surface area contributed by atoms with Crippen molar-refractivity contribution in [3.05, 3.63) is 0 Å². The summed E-state index contributed by atoms with van der Waals surface area (Å²) < 4.78 is 5.81. The molecule has 0 spiro atoms. The molecule has 0 saturated carbocycles. The largest absolute Gasteiger partial charge is 0.454 e. The normalized spacial score (nSPS) is 15.0. The predicted octanol–water partition coefficient (Wildman–Crippen LogP) is 1.13. The highest BCUT2D eigenvalue weighted by molar-refractivity contribution is 6.77. The standard InChI is InChI=1S/C8H21O3Si2/c1-12(11-13(2,3)4)8(10)6-5-7-9/h8-10H,5-7H2,1-4H3. The van der Waals surface area contributed by atoms with Gasteiger partial charge >= 0.3 is 0 Å². The van der Waals surface area contributed by atoms with Crippen LogP contribution < -0.4 is 0 Å². The molecule has 0 aromatic carbocycles. The Balaban J connectivity index is 3.75. The lowest BCUT2D eigenvalue weighted by molar-refractivity contribution is 0.198. The number of hydrogen-bond acceptors (Lipinski definition) is 3. The van der Waals surface area contributed by atoms with Gasteiger partial charge in [0.1, 0.15) is 0 Å². The molecule has 0 fully saturated rings. The predicted molar refractivity (Wildman–Crippen MR) is 58.4 cm³/mol. The van der Waals surface area contributed by atoms with Crippen molar-refractivity contribution in [2.45, 2.75) is 44.8 Å². The molecule has 0 aliphatic heterocycles. The minimum atomic E-state index is -1.50. The van der Waals surface area contributed by atoms with E-state index in [1.165, 1.54) is 0 Å². The summed E-state index contributed by atoms with van der Waals surface area (Å²) in [6.45, 7) is 8.52. The summed E-state index contributed by atoms with van der Waals surface area (Å²) in [6.07, 6.45) is 1.32. The van der Waals surface area contributed by atoms with Gasteiger partial charge in [-0.15, -0.1) is 0 Å². The average molecular weight is 221 g/mol. The summed E-state index contributed by atoms with van der Waals surface area (Å²) in [5.41, 5.74) is -0.344. The molecule has 1 unspecified atom stereocenters. The van der Waals surface area contributed by atoms with E-state index in [1.807, 2.05) is 6.55 Å². The molecular weight excluding hydrogens is 200 g/mol. The maximum absolute atomic E-state index is 9.64. The van der Waals surface area contributed by atoms with Crippen LogP contribution in [0.3, 0.4) is 0 Å². The molecule has 0 aliphatic rings. The molecular formula is C8H21O3Si2. The van der Waals surface area contributed by atoms with Gasteiger partial charge in [0, 0.05) is 6.61 Å². The molecule has 2 N–H and O–H groups in total. The minimum Gasteiger partial charge on any atom is -0.454 e. The van der Waals surface area contributed by atoms with Gasteiger partial charge in [0.15, 0.2) is 8.32 Å². The van der Waals surface area contributed by atoms with E-state index in [0.717, 1.165) is 0 Å². The van der Waals surface area contributed by atoms with Crippen molar-refractivity contribution in [1.82, 2.24) is 0 Å². The second-order valence-electron chi connectivity index (χ2n) is 4.21. The van der Waals surface area contributed by atoms with Crippen molar-refractivity contribution < 1.29 is 14.3 Å². The maximum atomic E-state index is 9.64. The first kappa shape index (κ1) is 13.3. The Morgan fingerprint density at radius 1 is 1.38 bits per heavy atom. The van der Waals surface area contributed by atoms with Gasteiger partial charge in [0.2, 0.25) is 9.04 Å². The van der Waals surface area contributed by atoms with E-state index in [1.54, 1.807) is 0 Å². The Morgan fingerprint density at radius 3 is 2.31 bits per heavy atom. The third-order valence-electron chi connectivity index (χ3n) is 1.57. The molecule has 79 valence electrons. The van der Waals surface area contributed by atoms with Crippen LogP contribution in [0.25, 0.3) is 0 Å². The van der Waals surface area contributed by atoms with Crippen LogP contribution in [0.4, 0.5) is 0 Å². The molecule has 0 rings (SSSR count). The van der Waals surface area contributed by atoms with E-state index in [4.69, 9.17) is 9.22 Å². The van der Waals surface area contributed by atoms with Crippen molar-refractivity contribution in [2.24, 2.45) is 0 Å². The highest BCUT2D eigenvalue weighted by atomic mass is 28.4. The molecule has 13 heavy (non-hydrogen) atoms. The lowest BCUT2D eigenvalue weighted by Crippen LogP contribution is -2.40. The van der Waals surface area contributed by atoms with Gasteiger partial charge in [-0.05, 0) is 39.0 Å². The molecule has 1 radical (unpaired) electrons. The Labute approximate surface area is 83.6 Å². The lowest BCUT2D eigenvalue weighted by Gasteiger charge is -2.25. The summed E-state index contributed by atoms with van der Waals surface area (Å²) in [4.78, 5) is 0. The third-order valence-corrected chi connectivity index (χ3v) is 6.54. The van der Waals surface area contributed by atoms with Crippen LogP contribution >= 0.6 is 0 Å². The minimum absolute atomic E-state index is 0.152. The molecule has 0 amide bonds. The number of aliphatic hydroxyl groups is 2. The molecule has 0 saturated heterocycles. The zero-order valence-electron chi connectivity index (χ0n) is 9.00. The van der Waals surface area contributed by atoms with Gasteiger partial charge in [-0.1, -0.05) is 0 Å². The van der Waals surface area contributed by atoms with Crippen molar-refractivity contribution in [3.63, 3.8) is 0 Å². The van der Waals surface area contributed by atoms with Crippen molar-refractivity contribution in [1.29, 1.82) is 0 Å². The monoisotopic (exact) mass is 221 g/mol. The molecule has 1 atom stereocenters. The smallest absolute Gasteiger partial charge is 0.225 e. The van der Waals surface area contributed by atoms with E-state index in [9.17, 15) is 5.11 Å². The zero-order chi connectivity index (χ0) is 10.5. The van der Waals surface area contributed by atoms with Gasteiger partial charge in [-0.25, -0.2) is 0 Å². The summed E-state index contributed by atoms with van der Waals surface area (Å²) in [5, 5.41) is 18.2. The topological polar surface area (TPSA) is 49.7 Å². The lowest BCUT2D eigenvalue weighted by atomic mass is 10.3. The average Bonchev–Trinajstić information content (AvgIpc) is 1.96. The Kier molecular flexibility index (Phi) is 6.07. The van der Waals surface area contributed by atoms with Crippen molar-refractivity contribution in [3.8, 4) is 0 Å². The van der Waals surface area contributed by atoms with Crippen LogP contribution in [-0.2, 0) is 4.12 Å². The van der Waals surface area contributed by atoms with Gasteiger partial charge in [0.05, 0.1) is 5.73 Å². The van der Waals surface area contributed by atoms with E-state index in [-0.39, 0.29) is 12.3 Å². The first-order valence-corrected chi connectivity index (χ1v) is 10.1. The van der Waals surface area contributed by atoms with Gasteiger partial charge in [-0.3, -0.25) is 0 Å². The maximum Gasteiger partial charge on any atom is 0.225 e. The second-order valence-corrected chi connectivity index (χ2v) is 11.1. The van der Waals surface area contributed by atoms with Crippen molar-refractivity contribution >= 4 is 17.4 Å². The summed E-state index contributed by atoms with van der Waals surface area (Å²) in [6, 6.07) is 0. The fraction of sp³-hybridized carbons (Fsp3) is 1.00. The third kappa shape index (κ3) is 7.39. The first-order valence-electron chi connectivity index (χ1n) is 4.68.